The minimum atomic E-state index is 0.116. The zero-order chi connectivity index (χ0) is 12.4. The Hall–Kier alpha value is -1.29. The summed E-state index contributed by atoms with van der Waals surface area (Å²) in [4.78, 5) is 17.4. The summed E-state index contributed by atoms with van der Waals surface area (Å²) < 4.78 is 0. The molecule has 1 aromatic heterocycles. The lowest BCUT2D eigenvalue weighted by Gasteiger charge is -2.39. The van der Waals surface area contributed by atoms with Gasteiger partial charge in [-0.1, -0.05) is 6.92 Å². The quantitative estimate of drug-likeness (QED) is 0.816. The minimum Gasteiger partial charge on any atom is -0.365 e. The number of amides is 1. The molecule has 1 saturated heterocycles. The van der Waals surface area contributed by atoms with Gasteiger partial charge in [-0.3, -0.25) is 4.79 Å². The smallest absolute Gasteiger partial charge is 0.255 e. The van der Waals surface area contributed by atoms with Crippen molar-refractivity contribution in [2.45, 2.75) is 32.7 Å². The van der Waals surface area contributed by atoms with E-state index in [2.05, 4.69) is 11.9 Å². The minimum absolute atomic E-state index is 0.116. The number of nitrogens with one attached hydrogen (secondary N) is 1. The first-order valence-electron chi connectivity index (χ1n) is 6.30. The molecule has 2 rings (SSSR count). The molecule has 94 valence electrons. The maximum Gasteiger partial charge on any atom is 0.255 e. The molecule has 3 N–H and O–H groups in total. The van der Waals surface area contributed by atoms with Gasteiger partial charge in [0.15, 0.2) is 0 Å². The van der Waals surface area contributed by atoms with Crippen LogP contribution in [0.25, 0.3) is 0 Å². The van der Waals surface area contributed by atoms with Crippen molar-refractivity contribution in [2.75, 3.05) is 13.1 Å². The number of piperidine rings is 1. The summed E-state index contributed by atoms with van der Waals surface area (Å²) in [7, 11) is 0. The van der Waals surface area contributed by atoms with Crippen molar-refractivity contribution in [1.82, 2.24) is 9.88 Å². The molecule has 0 bridgehead atoms. The van der Waals surface area contributed by atoms with Gasteiger partial charge in [0.25, 0.3) is 5.91 Å². The third-order valence-electron chi connectivity index (χ3n) is 3.80. The molecule has 1 amide bonds. The second-order valence-corrected chi connectivity index (χ2v) is 4.94. The second kappa shape index (κ2) is 4.92. The third kappa shape index (κ3) is 2.22. The molecule has 0 saturated carbocycles. The highest BCUT2D eigenvalue weighted by atomic mass is 16.2. The maximum atomic E-state index is 12.4. The van der Waals surface area contributed by atoms with Crippen LogP contribution < -0.4 is 5.73 Å². The zero-order valence-corrected chi connectivity index (χ0v) is 10.6. The number of hydrogen-bond acceptors (Lipinski definition) is 2. The van der Waals surface area contributed by atoms with Crippen LogP contribution in [0.15, 0.2) is 12.3 Å². The largest absolute Gasteiger partial charge is 0.365 e. The Morgan fingerprint density at radius 1 is 1.65 bits per heavy atom. The number of hydrogen-bond donors (Lipinski definition) is 2. The van der Waals surface area contributed by atoms with Gasteiger partial charge in [-0.15, -0.1) is 0 Å². The predicted molar refractivity (Wildman–Crippen MR) is 67.8 cm³/mol. The molecule has 4 heteroatoms. The topological polar surface area (TPSA) is 62.1 Å². The summed E-state index contributed by atoms with van der Waals surface area (Å²) >= 11 is 0. The van der Waals surface area contributed by atoms with Crippen molar-refractivity contribution in [3.63, 3.8) is 0 Å². The molecule has 0 aromatic carbocycles. The molecular weight excluding hydrogens is 214 g/mol. The van der Waals surface area contributed by atoms with Crippen molar-refractivity contribution in [3.05, 3.63) is 23.5 Å². The van der Waals surface area contributed by atoms with Gasteiger partial charge in [-0.05, 0) is 31.7 Å². The second-order valence-electron chi connectivity index (χ2n) is 4.94. The number of nitrogens with two attached hydrogens (primary N) is 1. The number of carbonyl (C=O) groups is 1. The molecule has 1 aliphatic heterocycles. The molecule has 2 heterocycles. The van der Waals surface area contributed by atoms with Crippen LogP contribution in [-0.2, 0) is 0 Å². The Labute approximate surface area is 102 Å². The highest BCUT2D eigenvalue weighted by molar-refractivity contribution is 5.95. The summed E-state index contributed by atoms with van der Waals surface area (Å²) in [5.74, 6) is 0.614. The Balaban J connectivity index is 2.21. The van der Waals surface area contributed by atoms with E-state index in [1.54, 1.807) is 0 Å². The Bertz CT molecular complexity index is 399. The highest BCUT2D eigenvalue weighted by Crippen LogP contribution is 2.24. The van der Waals surface area contributed by atoms with Gasteiger partial charge in [0.2, 0.25) is 0 Å². The normalized spacial score (nSPS) is 25.0. The maximum absolute atomic E-state index is 12.4. The van der Waals surface area contributed by atoms with E-state index in [4.69, 9.17) is 5.73 Å². The van der Waals surface area contributed by atoms with E-state index < -0.39 is 0 Å². The van der Waals surface area contributed by atoms with Gasteiger partial charge in [0.05, 0.1) is 5.56 Å². The molecule has 17 heavy (non-hydrogen) atoms. The molecule has 0 spiro atoms. The molecule has 1 aromatic rings. The first-order valence-corrected chi connectivity index (χ1v) is 6.30. The average Bonchev–Trinajstić information content (AvgIpc) is 2.74. The van der Waals surface area contributed by atoms with Crippen molar-refractivity contribution in [1.29, 1.82) is 0 Å². The molecule has 1 aliphatic rings. The predicted octanol–water partition coefficient (Wildman–Crippen LogP) is 1.52. The van der Waals surface area contributed by atoms with Crippen LogP contribution in [0.1, 0.15) is 35.8 Å². The number of aromatic amines is 1. The lowest BCUT2D eigenvalue weighted by Crippen LogP contribution is -2.51. The first kappa shape index (κ1) is 12.2. The molecule has 2 atom stereocenters. The summed E-state index contributed by atoms with van der Waals surface area (Å²) in [5.41, 5.74) is 7.52. The van der Waals surface area contributed by atoms with E-state index in [1.807, 2.05) is 24.1 Å². The molecule has 0 unspecified atom stereocenters. The fourth-order valence-electron chi connectivity index (χ4n) is 2.70. The summed E-state index contributed by atoms with van der Waals surface area (Å²) in [6.45, 7) is 5.49. The van der Waals surface area contributed by atoms with E-state index in [0.717, 1.165) is 30.6 Å². The van der Waals surface area contributed by atoms with Gasteiger partial charge >= 0.3 is 0 Å². The van der Waals surface area contributed by atoms with Gasteiger partial charge in [-0.25, -0.2) is 0 Å². The number of carbonyl (C=O) groups excluding carboxylic acids is 1. The monoisotopic (exact) mass is 235 g/mol. The van der Waals surface area contributed by atoms with Crippen LogP contribution >= 0.6 is 0 Å². The van der Waals surface area contributed by atoms with Crippen molar-refractivity contribution >= 4 is 5.91 Å². The van der Waals surface area contributed by atoms with Crippen molar-refractivity contribution < 1.29 is 4.79 Å². The lowest BCUT2D eigenvalue weighted by atomic mass is 9.90. The first-order chi connectivity index (χ1) is 8.15. The number of likely N-dealkylation sites (tertiary alicyclic amines) is 1. The molecule has 1 fully saturated rings. The summed E-state index contributed by atoms with van der Waals surface area (Å²) in [6.07, 6.45) is 4.05. The highest BCUT2D eigenvalue weighted by Gasteiger charge is 2.31. The average molecular weight is 235 g/mol. The Morgan fingerprint density at radius 2 is 2.41 bits per heavy atom. The number of nitrogens with zero attached hydrogens (tertiary/aromatic N) is 1. The number of aryl methyl sites for hydroxylation is 1. The molecule has 0 aliphatic carbocycles. The fraction of sp³-hybridized carbons (Fsp3) is 0.615. The number of aromatic nitrogens is 1. The summed E-state index contributed by atoms with van der Waals surface area (Å²) in [5, 5.41) is 0. The fourth-order valence-corrected chi connectivity index (χ4v) is 2.70. The van der Waals surface area contributed by atoms with E-state index in [1.165, 1.54) is 0 Å². The summed E-state index contributed by atoms with van der Waals surface area (Å²) in [6, 6.07) is 2.04. The van der Waals surface area contributed by atoms with Crippen LogP contribution in [0.5, 0.6) is 0 Å². The van der Waals surface area contributed by atoms with Gasteiger partial charge in [-0.2, -0.15) is 0 Å². The van der Waals surface area contributed by atoms with Crippen LogP contribution in [0.3, 0.4) is 0 Å². The number of rotatable bonds is 2. The van der Waals surface area contributed by atoms with E-state index in [-0.39, 0.29) is 11.9 Å². The van der Waals surface area contributed by atoms with Crippen molar-refractivity contribution in [2.24, 2.45) is 11.7 Å². The zero-order valence-electron chi connectivity index (χ0n) is 10.6. The lowest BCUT2D eigenvalue weighted by molar-refractivity contribution is 0.0532. The van der Waals surface area contributed by atoms with Crippen LogP contribution in [0.2, 0.25) is 0 Å². The van der Waals surface area contributed by atoms with E-state index >= 15 is 0 Å². The van der Waals surface area contributed by atoms with Crippen LogP contribution in [-0.4, -0.2) is 34.9 Å². The van der Waals surface area contributed by atoms with Gasteiger partial charge in [0, 0.05) is 31.0 Å². The van der Waals surface area contributed by atoms with Crippen LogP contribution in [0, 0.1) is 12.8 Å². The third-order valence-corrected chi connectivity index (χ3v) is 3.80. The SMILES string of the molecule is Cc1[nH]ccc1C(=O)N1CCC[C@@H](C)[C@H]1CN. The van der Waals surface area contributed by atoms with E-state index in [9.17, 15) is 4.79 Å². The molecular formula is C13H21N3O. The van der Waals surface area contributed by atoms with Gasteiger partial charge < -0.3 is 15.6 Å². The number of H-pyrrole nitrogens is 1. The van der Waals surface area contributed by atoms with Gasteiger partial charge in [0.1, 0.15) is 0 Å². The van der Waals surface area contributed by atoms with Crippen LogP contribution in [0.4, 0.5) is 0 Å². The van der Waals surface area contributed by atoms with E-state index in [0.29, 0.717) is 12.5 Å². The Kier molecular flexibility index (Phi) is 3.52. The standard InChI is InChI=1S/C13H21N3O/c1-9-4-3-7-16(12(9)8-14)13(17)11-5-6-15-10(11)2/h5-6,9,12,15H,3-4,7-8,14H2,1-2H3/t9-,12-/m1/s1. The van der Waals surface area contributed by atoms with Crippen molar-refractivity contribution in [3.8, 4) is 0 Å². The Morgan fingerprint density at radius 3 is 3.00 bits per heavy atom. The molecule has 0 radical (unpaired) electrons. The molecule has 4 nitrogen and oxygen atoms in total.